The number of aliphatic hydroxyl groups is 1. The molecule has 0 aliphatic heterocycles. The Morgan fingerprint density at radius 2 is 1.88 bits per heavy atom. The van der Waals surface area contributed by atoms with E-state index in [1.54, 1.807) is 0 Å². The highest BCUT2D eigenvalue weighted by Gasteiger charge is 2.29. The second kappa shape index (κ2) is 5.23. The van der Waals surface area contributed by atoms with Crippen molar-refractivity contribution in [1.29, 1.82) is 0 Å². The zero-order valence-corrected chi connectivity index (χ0v) is 9.76. The molecule has 1 aromatic carbocycles. The standard InChI is InChI=1S/C12H15F2NO2/c1-3-4-12(2,17)11(16)15-10-6-8(13)5-9(14)7-10/h5-7,17H,3-4H2,1-2H3,(H,15,16). The van der Waals surface area contributed by atoms with Gasteiger partial charge >= 0.3 is 0 Å². The number of hydrogen-bond acceptors (Lipinski definition) is 2. The fourth-order valence-electron chi connectivity index (χ4n) is 1.49. The zero-order chi connectivity index (χ0) is 13.1. The lowest BCUT2D eigenvalue weighted by molar-refractivity contribution is -0.133. The van der Waals surface area contributed by atoms with Crippen molar-refractivity contribution in [3.05, 3.63) is 29.8 Å². The summed E-state index contributed by atoms with van der Waals surface area (Å²) in [4.78, 5) is 11.6. The molecule has 0 fully saturated rings. The number of anilines is 1. The third-order valence-electron chi connectivity index (χ3n) is 2.35. The largest absolute Gasteiger partial charge is 0.380 e. The number of amides is 1. The predicted octanol–water partition coefficient (Wildman–Crippen LogP) is 2.45. The summed E-state index contributed by atoms with van der Waals surface area (Å²) in [5, 5.41) is 12.1. The maximum Gasteiger partial charge on any atom is 0.256 e. The molecule has 0 aliphatic rings. The van der Waals surface area contributed by atoms with Crippen LogP contribution in [0.3, 0.4) is 0 Å². The minimum Gasteiger partial charge on any atom is -0.380 e. The van der Waals surface area contributed by atoms with Crippen LogP contribution in [0.5, 0.6) is 0 Å². The molecule has 0 saturated carbocycles. The summed E-state index contributed by atoms with van der Waals surface area (Å²) in [6, 6.07) is 2.69. The summed E-state index contributed by atoms with van der Waals surface area (Å²) in [6.07, 6.45) is 0.897. The van der Waals surface area contributed by atoms with Gasteiger partial charge in [0.1, 0.15) is 17.2 Å². The molecule has 0 radical (unpaired) electrons. The summed E-state index contributed by atoms with van der Waals surface area (Å²) >= 11 is 0. The van der Waals surface area contributed by atoms with Crippen molar-refractivity contribution >= 4 is 11.6 Å². The maximum absolute atomic E-state index is 12.9. The Balaban J connectivity index is 2.80. The molecular formula is C12H15F2NO2. The number of halogens is 2. The topological polar surface area (TPSA) is 49.3 Å². The molecule has 5 heteroatoms. The Morgan fingerprint density at radius 3 is 2.35 bits per heavy atom. The van der Waals surface area contributed by atoms with E-state index in [0.717, 1.165) is 12.1 Å². The van der Waals surface area contributed by atoms with Gasteiger partial charge in [0.25, 0.3) is 5.91 Å². The summed E-state index contributed by atoms with van der Waals surface area (Å²) in [5.74, 6) is -2.24. The quantitative estimate of drug-likeness (QED) is 0.853. The average molecular weight is 243 g/mol. The molecule has 0 saturated heterocycles. The number of nitrogens with one attached hydrogen (secondary N) is 1. The number of rotatable bonds is 4. The van der Waals surface area contributed by atoms with Gasteiger partial charge in [-0.25, -0.2) is 8.78 Å². The summed E-state index contributed by atoms with van der Waals surface area (Å²) < 4.78 is 25.7. The smallest absolute Gasteiger partial charge is 0.256 e. The second-order valence-electron chi connectivity index (χ2n) is 4.14. The fraction of sp³-hybridized carbons (Fsp3) is 0.417. The lowest BCUT2D eigenvalue weighted by Crippen LogP contribution is -2.39. The van der Waals surface area contributed by atoms with Gasteiger partial charge in [-0.2, -0.15) is 0 Å². The van der Waals surface area contributed by atoms with E-state index >= 15 is 0 Å². The van der Waals surface area contributed by atoms with Crippen LogP contribution in [0.4, 0.5) is 14.5 Å². The Kier molecular flexibility index (Phi) is 4.17. The molecule has 0 aliphatic carbocycles. The van der Waals surface area contributed by atoms with Crippen LogP contribution in [0, 0.1) is 11.6 Å². The van der Waals surface area contributed by atoms with Crippen LogP contribution in [0.2, 0.25) is 0 Å². The first-order valence-corrected chi connectivity index (χ1v) is 5.35. The number of carbonyl (C=O) groups excluding carboxylic acids is 1. The van der Waals surface area contributed by atoms with E-state index in [4.69, 9.17) is 0 Å². The van der Waals surface area contributed by atoms with Crippen LogP contribution in [-0.2, 0) is 4.79 Å². The first kappa shape index (κ1) is 13.6. The Bertz CT molecular complexity index is 399. The minimum atomic E-state index is -1.54. The maximum atomic E-state index is 12.9. The van der Waals surface area contributed by atoms with Crippen LogP contribution in [0.15, 0.2) is 18.2 Å². The molecule has 2 N–H and O–H groups in total. The lowest BCUT2D eigenvalue weighted by atomic mass is 9.99. The molecule has 1 amide bonds. The molecule has 1 aromatic rings. The highest BCUT2D eigenvalue weighted by atomic mass is 19.1. The molecular weight excluding hydrogens is 228 g/mol. The second-order valence-corrected chi connectivity index (χ2v) is 4.14. The van der Waals surface area contributed by atoms with Crippen LogP contribution < -0.4 is 5.32 Å². The van der Waals surface area contributed by atoms with Gasteiger partial charge in [-0.1, -0.05) is 13.3 Å². The molecule has 0 aromatic heterocycles. The van der Waals surface area contributed by atoms with Gasteiger partial charge in [-0.15, -0.1) is 0 Å². The van der Waals surface area contributed by atoms with E-state index in [-0.39, 0.29) is 12.1 Å². The summed E-state index contributed by atoms with van der Waals surface area (Å²) in [6.45, 7) is 3.19. The minimum absolute atomic E-state index is 0.0103. The highest BCUT2D eigenvalue weighted by Crippen LogP contribution is 2.17. The van der Waals surface area contributed by atoms with E-state index in [1.807, 2.05) is 6.92 Å². The third kappa shape index (κ3) is 3.78. The van der Waals surface area contributed by atoms with Gasteiger partial charge in [0.15, 0.2) is 0 Å². The Morgan fingerprint density at radius 1 is 1.35 bits per heavy atom. The van der Waals surface area contributed by atoms with Crippen LogP contribution in [-0.4, -0.2) is 16.6 Å². The monoisotopic (exact) mass is 243 g/mol. The fourth-order valence-corrected chi connectivity index (χ4v) is 1.49. The van der Waals surface area contributed by atoms with Crippen molar-refractivity contribution in [2.45, 2.75) is 32.3 Å². The third-order valence-corrected chi connectivity index (χ3v) is 2.35. The van der Waals surface area contributed by atoms with Gasteiger partial charge in [-0.3, -0.25) is 4.79 Å². The van der Waals surface area contributed by atoms with E-state index in [0.29, 0.717) is 12.5 Å². The van der Waals surface area contributed by atoms with Crippen molar-refractivity contribution in [2.75, 3.05) is 5.32 Å². The average Bonchev–Trinajstić information content (AvgIpc) is 2.15. The van der Waals surface area contributed by atoms with Crippen LogP contribution in [0.1, 0.15) is 26.7 Å². The van der Waals surface area contributed by atoms with Crippen molar-refractivity contribution < 1.29 is 18.7 Å². The molecule has 1 atom stereocenters. The Labute approximate surface area is 98.5 Å². The van der Waals surface area contributed by atoms with E-state index in [2.05, 4.69) is 5.32 Å². The van der Waals surface area contributed by atoms with Gasteiger partial charge in [-0.05, 0) is 25.5 Å². The van der Waals surface area contributed by atoms with Crippen LogP contribution in [0.25, 0.3) is 0 Å². The van der Waals surface area contributed by atoms with Crippen LogP contribution >= 0.6 is 0 Å². The van der Waals surface area contributed by atoms with E-state index < -0.39 is 23.1 Å². The number of hydrogen-bond donors (Lipinski definition) is 2. The molecule has 0 spiro atoms. The number of carbonyl (C=O) groups is 1. The van der Waals surface area contributed by atoms with Crippen molar-refractivity contribution in [2.24, 2.45) is 0 Å². The van der Waals surface area contributed by atoms with Gasteiger partial charge in [0.05, 0.1) is 0 Å². The predicted molar refractivity (Wildman–Crippen MR) is 60.5 cm³/mol. The first-order chi connectivity index (χ1) is 7.85. The SMILES string of the molecule is CCCC(C)(O)C(=O)Nc1cc(F)cc(F)c1. The molecule has 94 valence electrons. The van der Waals surface area contributed by atoms with Gasteiger partial charge < -0.3 is 10.4 Å². The van der Waals surface area contributed by atoms with Crippen molar-refractivity contribution in [1.82, 2.24) is 0 Å². The number of benzene rings is 1. The summed E-state index contributed by atoms with van der Waals surface area (Å²) in [7, 11) is 0. The molecule has 0 heterocycles. The molecule has 1 rings (SSSR count). The highest BCUT2D eigenvalue weighted by molar-refractivity contribution is 5.96. The molecule has 1 unspecified atom stereocenters. The zero-order valence-electron chi connectivity index (χ0n) is 9.76. The van der Waals surface area contributed by atoms with Gasteiger partial charge in [0.2, 0.25) is 0 Å². The lowest BCUT2D eigenvalue weighted by Gasteiger charge is -2.21. The molecule has 17 heavy (non-hydrogen) atoms. The van der Waals surface area contributed by atoms with E-state index in [1.165, 1.54) is 6.92 Å². The van der Waals surface area contributed by atoms with Crippen molar-refractivity contribution in [3.63, 3.8) is 0 Å². The summed E-state index contributed by atoms with van der Waals surface area (Å²) in [5.41, 5.74) is -1.55. The van der Waals surface area contributed by atoms with Crippen molar-refractivity contribution in [3.8, 4) is 0 Å². The van der Waals surface area contributed by atoms with E-state index in [9.17, 15) is 18.7 Å². The Hall–Kier alpha value is -1.49. The first-order valence-electron chi connectivity index (χ1n) is 5.35. The molecule has 3 nitrogen and oxygen atoms in total. The van der Waals surface area contributed by atoms with Gasteiger partial charge in [0, 0.05) is 11.8 Å². The molecule has 0 bridgehead atoms. The normalized spacial score (nSPS) is 14.2.